The van der Waals surface area contributed by atoms with E-state index in [9.17, 15) is 9.59 Å². The lowest BCUT2D eigenvalue weighted by atomic mass is 9.98. The zero-order chi connectivity index (χ0) is 26.5. The molecule has 0 aromatic heterocycles. The molecule has 1 N–H and O–H groups in total. The number of nitrogens with zero attached hydrogens (tertiary/aromatic N) is 3. The number of anilines is 1. The molecule has 9 heteroatoms. The van der Waals surface area contributed by atoms with Crippen molar-refractivity contribution in [3.05, 3.63) is 90.0 Å². The largest absolute Gasteiger partial charge is 0.497 e. The Bertz CT molecular complexity index is 1360. The zero-order valence-corrected chi connectivity index (χ0v) is 22.0. The molecule has 3 aromatic carbocycles. The average Bonchev–Trinajstić information content (AvgIpc) is 3.54. The van der Waals surface area contributed by atoms with Crippen molar-refractivity contribution in [2.45, 2.75) is 31.1 Å². The molecule has 0 spiro atoms. The van der Waals surface area contributed by atoms with Crippen LogP contribution in [0.5, 0.6) is 11.5 Å². The first-order valence-electron chi connectivity index (χ1n) is 12.4. The fourth-order valence-electron chi connectivity index (χ4n) is 4.37. The summed E-state index contributed by atoms with van der Waals surface area (Å²) in [6, 6.07) is 24.9. The number of hydrogen-bond donors (Lipinski definition) is 1. The number of aliphatic imine (C=N–C) groups is 1. The van der Waals surface area contributed by atoms with Crippen LogP contribution in [0.2, 0.25) is 0 Å². The summed E-state index contributed by atoms with van der Waals surface area (Å²) < 4.78 is 10.7. The van der Waals surface area contributed by atoms with E-state index in [1.54, 1.807) is 31.4 Å². The maximum atomic E-state index is 12.8. The molecular weight excluding hydrogens is 500 g/mol. The van der Waals surface area contributed by atoms with Gasteiger partial charge in [0, 0.05) is 18.5 Å². The number of amides is 2. The minimum Gasteiger partial charge on any atom is -0.497 e. The maximum Gasteiger partial charge on any atom is 0.262 e. The van der Waals surface area contributed by atoms with Gasteiger partial charge in [-0.1, -0.05) is 42.1 Å². The van der Waals surface area contributed by atoms with Gasteiger partial charge in [0.1, 0.15) is 16.7 Å². The van der Waals surface area contributed by atoms with Crippen LogP contribution in [-0.4, -0.2) is 46.7 Å². The Morgan fingerprint density at radius 3 is 2.42 bits per heavy atom. The molecule has 2 atom stereocenters. The van der Waals surface area contributed by atoms with E-state index in [1.165, 1.54) is 11.8 Å². The van der Waals surface area contributed by atoms with Gasteiger partial charge >= 0.3 is 0 Å². The fourth-order valence-corrected chi connectivity index (χ4v) is 5.43. The molecule has 2 heterocycles. The highest BCUT2D eigenvalue weighted by Gasteiger charge is 2.39. The summed E-state index contributed by atoms with van der Waals surface area (Å²) in [5.41, 5.74) is 3.60. The highest BCUT2D eigenvalue weighted by Crippen LogP contribution is 2.38. The van der Waals surface area contributed by atoms with Crippen LogP contribution in [0.1, 0.15) is 36.9 Å². The predicted molar refractivity (Wildman–Crippen MR) is 150 cm³/mol. The molecule has 0 fully saturated rings. The first kappa shape index (κ1) is 25.5. The number of carbonyl (C=O) groups is 2. The van der Waals surface area contributed by atoms with Crippen molar-refractivity contribution in [3.8, 4) is 11.5 Å². The molecule has 0 saturated heterocycles. The molecule has 2 amide bonds. The molecule has 194 valence electrons. The summed E-state index contributed by atoms with van der Waals surface area (Å²) in [5.74, 6) is 0.932. The lowest BCUT2D eigenvalue weighted by molar-refractivity contribution is -0.121. The van der Waals surface area contributed by atoms with E-state index in [1.807, 2.05) is 66.5 Å². The van der Waals surface area contributed by atoms with E-state index in [-0.39, 0.29) is 24.3 Å². The number of nitrogens with one attached hydrogen (secondary N) is 1. The first-order chi connectivity index (χ1) is 18.5. The molecule has 8 nitrogen and oxygen atoms in total. The standard InChI is InChI=1S/C29H28N4O4S/c1-3-37-23-15-11-21(12-16-23)30-27(34)18-26-28(35)31-29(38-26)33-25(20-7-5-4-6-8-20)17-24(32-33)19-9-13-22(36-2)14-10-19/h4-16,25-26H,3,17-18H2,1-2H3,(H,30,34). The number of hydrazone groups is 1. The molecule has 0 saturated carbocycles. The molecule has 2 unspecified atom stereocenters. The van der Waals surface area contributed by atoms with Gasteiger partial charge in [0.25, 0.3) is 5.91 Å². The van der Waals surface area contributed by atoms with E-state index in [4.69, 9.17) is 14.6 Å². The minimum atomic E-state index is -0.607. The first-order valence-corrected chi connectivity index (χ1v) is 13.3. The van der Waals surface area contributed by atoms with Crippen molar-refractivity contribution in [2.24, 2.45) is 10.1 Å². The molecule has 38 heavy (non-hydrogen) atoms. The quantitative estimate of drug-likeness (QED) is 0.428. The summed E-state index contributed by atoms with van der Waals surface area (Å²) in [7, 11) is 1.64. The number of benzene rings is 3. The van der Waals surface area contributed by atoms with Crippen LogP contribution in [0.15, 0.2) is 89.0 Å². The highest BCUT2D eigenvalue weighted by molar-refractivity contribution is 8.15. The summed E-state index contributed by atoms with van der Waals surface area (Å²) in [5, 5.41) is 9.46. The van der Waals surface area contributed by atoms with Gasteiger partial charge in [-0.25, -0.2) is 5.01 Å². The van der Waals surface area contributed by atoms with Crippen molar-refractivity contribution in [1.29, 1.82) is 0 Å². The molecule has 2 aliphatic rings. The molecule has 5 rings (SSSR count). The smallest absolute Gasteiger partial charge is 0.262 e. The van der Waals surface area contributed by atoms with Gasteiger partial charge in [0.15, 0.2) is 5.17 Å². The van der Waals surface area contributed by atoms with Crippen LogP contribution < -0.4 is 14.8 Å². The van der Waals surface area contributed by atoms with E-state index < -0.39 is 5.25 Å². The van der Waals surface area contributed by atoms with Gasteiger partial charge in [0.05, 0.1) is 25.5 Å². The number of rotatable bonds is 8. The Morgan fingerprint density at radius 1 is 1.03 bits per heavy atom. The lowest BCUT2D eigenvalue weighted by Crippen LogP contribution is -2.25. The van der Waals surface area contributed by atoms with E-state index >= 15 is 0 Å². The molecule has 3 aromatic rings. The van der Waals surface area contributed by atoms with Crippen LogP contribution in [0, 0.1) is 0 Å². The summed E-state index contributed by atoms with van der Waals surface area (Å²) in [6.07, 6.45) is 0.676. The number of hydrogen-bond acceptors (Lipinski definition) is 7. The summed E-state index contributed by atoms with van der Waals surface area (Å²) >= 11 is 1.28. The van der Waals surface area contributed by atoms with Crippen LogP contribution in [-0.2, 0) is 9.59 Å². The van der Waals surface area contributed by atoms with Crippen LogP contribution in [0.4, 0.5) is 5.69 Å². The van der Waals surface area contributed by atoms with Crippen LogP contribution in [0.25, 0.3) is 0 Å². The van der Waals surface area contributed by atoms with Crippen molar-refractivity contribution in [3.63, 3.8) is 0 Å². The second-order valence-corrected chi connectivity index (χ2v) is 9.97. The van der Waals surface area contributed by atoms with Gasteiger partial charge in [-0.2, -0.15) is 10.1 Å². The minimum absolute atomic E-state index is 0.0165. The topological polar surface area (TPSA) is 92.6 Å². The fraction of sp³-hybridized carbons (Fsp3) is 0.241. The zero-order valence-electron chi connectivity index (χ0n) is 21.2. The Hall–Kier alpha value is -4.11. The molecular formula is C29H28N4O4S. The number of carbonyl (C=O) groups excluding carboxylic acids is 2. The lowest BCUT2D eigenvalue weighted by Gasteiger charge is -2.23. The highest BCUT2D eigenvalue weighted by atomic mass is 32.2. The Kier molecular flexibility index (Phi) is 7.74. The van der Waals surface area contributed by atoms with Crippen LogP contribution in [0.3, 0.4) is 0 Å². The van der Waals surface area contributed by atoms with Gasteiger partial charge in [-0.15, -0.1) is 0 Å². The predicted octanol–water partition coefficient (Wildman–Crippen LogP) is 5.27. The number of methoxy groups -OCH3 is 1. The maximum absolute atomic E-state index is 12.8. The molecule has 0 radical (unpaired) electrons. The van der Waals surface area contributed by atoms with Gasteiger partial charge in [-0.05, 0) is 66.6 Å². The SMILES string of the molecule is CCOc1ccc(NC(=O)CC2SC(N3N=C(c4ccc(OC)cc4)CC3c3ccccc3)=NC2=O)cc1. The van der Waals surface area contributed by atoms with Crippen molar-refractivity contribution in [1.82, 2.24) is 5.01 Å². The van der Waals surface area contributed by atoms with Gasteiger partial charge < -0.3 is 14.8 Å². The van der Waals surface area contributed by atoms with Crippen molar-refractivity contribution < 1.29 is 19.1 Å². The normalized spacial score (nSPS) is 18.7. The van der Waals surface area contributed by atoms with E-state index in [0.29, 0.717) is 23.9 Å². The van der Waals surface area contributed by atoms with Gasteiger partial charge in [-0.3, -0.25) is 9.59 Å². The molecule has 0 bridgehead atoms. The second-order valence-electron chi connectivity index (χ2n) is 8.80. The Morgan fingerprint density at radius 2 is 1.74 bits per heavy atom. The third-order valence-corrected chi connectivity index (χ3v) is 7.40. The monoisotopic (exact) mass is 528 g/mol. The average molecular weight is 529 g/mol. The third-order valence-electron chi connectivity index (χ3n) is 6.26. The van der Waals surface area contributed by atoms with E-state index in [2.05, 4.69) is 10.3 Å². The van der Waals surface area contributed by atoms with E-state index in [0.717, 1.165) is 28.3 Å². The third kappa shape index (κ3) is 5.73. The Balaban J connectivity index is 1.30. The second kappa shape index (κ2) is 11.5. The Labute approximate surface area is 225 Å². The number of amidine groups is 1. The molecule has 2 aliphatic heterocycles. The summed E-state index contributed by atoms with van der Waals surface area (Å²) in [6.45, 7) is 2.49. The van der Waals surface area contributed by atoms with Crippen molar-refractivity contribution >= 4 is 40.1 Å². The van der Waals surface area contributed by atoms with Gasteiger partial charge in [0.2, 0.25) is 5.91 Å². The van der Waals surface area contributed by atoms with Crippen molar-refractivity contribution in [2.75, 3.05) is 19.0 Å². The molecule has 0 aliphatic carbocycles. The number of thioether (sulfide) groups is 1. The summed E-state index contributed by atoms with van der Waals surface area (Å²) in [4.78, 5) is 29.9. The van der Waals surface area contributed by atoms with Crippen LogP contribution >= 0.6 is 11.8 Å². The number of ether oxygens (including phenoxy) is 2.